The molecule has 1 saturated heterocycles. The Balaban J connectivity index is 1.27. The van der Waals surface area contributed by atoms with Gasteiger partial charge in [-0.05, 0) is 38.3 Å². The molecule has 7 nitrogen and oxygen atoms in total. The lowest BCUT2D eigenvalue weighted by molar-refractivity contribution is -0.106. The Bertz CT molecular complexity index is 816. The van der Waals surface area contributed by atoms with Gasteiger partial charge in [0.1, 0.15) is 0 Å². The molecule has 1 saturated carbocycles. The van der Waals surface area contributed by atoms with Gasteiger partial charge in [-0.25, -0.2) is 0 Å². The topological polar surface area (TPSA) is 83.0 Å². The number of benzene rings is 1. The number of nitrogens with zero attached hydrogens (tertiary/aromatic N) is 2. The number of carbonyl (C=O) groups excluding carboxylic acids is 2. The highest BCUT2D eigenvalue weighted by Crippen LogP contribution is 2.52. The average molecular weight is 413 g/mol. The number of imide groups is 1. The van der Waals surface area contributed by atoms with Crippen molar-refractivity contribution in [3.05, 3.63) is 35.4 Å². The van der Waals surface area contributed by atoms with E-state index in [9.17, 15) is 9.59 Å². The summed E-state index contributed by atoms with van der Waals surface area (Å²) >= 11 is 0. The largest absolute Gasteiger partial charge is 0.377 e. The van der Waals surface area contributed by atoms with Gasteiger partial charge in [0, 0.05) is 43.6 Å². The Morgan fingerprint density at radius 2 is 1.90 bits per heavy atom. The maximum atomic E-state index is 12.4. The van der Waals surface area contributed by atoms with E-state index < -0.39 is 0 Å². The molecule has 162 valence electrons. The van der Waals surface area contributed by atoms with Gasteiger partial charge in [-0.15, -0.1) is 0 Å². The molecule has 3 atom stereocenters. The van der Waals surface area contributed by atoms with Crippen molar-refractivity contribution in [1.29, 1.82) is 0 Å². The van der Waals surface area contributed by atoms with E-state index in [0.29, 0.717) is 42.3 Å². The van der Waals surface area contributed by atoms with Gasteiger partial charge in [-0.2, -0.15) is 0 Å². The van der Waals surface area contributed by atoms with Gasteiger partial charge in [-0.1, -0.05) is 26.0 Å². The lowest BCUT2D eigenvalue weighted by Gasteiger charge is -2.54. The zero-order valence-corrected chi connectivity index (χ0v) is 18.1. The van der Waals surface area contributed by atoms with Crippen LogP contribution in [0.15, 0.2) is 29.3 Å². The number of carbonyl (C=O) groups is 2. The fraction of sp³-hybridized carbons (Fsp3) is 0.609. The minimum atomic E-state index is -0.186. The highest BCUT2D eigenvalue weighted by molar-refractivity contribution is 6.21. The fourth-order valence-corrected chi connectivity index (χ4v) is 5.10. The van der Waals surface area contributed by atoms with Gasteiger partial charge in [0.05, 0.1) is 17.2 Å². The van der Waals surface area contributed by atoms with Gasteiger partial charge >= 0.3 is 0 Å². The zero-order chi connectivity index (χ0) is 21.3. The van der Waals surface area contributed by atoms with Crippen LogP contribution in [-0.4, -0.2) is 61.1 Å². The minimum Gasteiger partial charge on any atom is -0.377 e. The number of nitrogens with one attached hydrogen (secondary N) is 2. The third-order valence-corrected chi connectivity index (χ3v) is 6.67. The van der Waals surface area contributed by atoms with E-state index in [2.05, 4.69) is 31.4 Å². The number of ether oxygens (including phenoxy) is 1. The number of rotatable bonds is 7. The maximum absolute atomic E-state index is 12.4. The first kappa shape index (κ1) is 20.8. The second kappa shape index (κ2) is 8.38. The highest BCUT2D eigenvalue weighted by atomic mass is 16.5. The van der Waals surface area contributed by atoms with Gasteiger partial charge in [0.15, 0.2) is 5.96 Å². The van der Waals surface area contributed by atoms with E-state index in [1.54, 1.807) is 24.3 Å². The molecule has 0 radical (unpaired) electrons. The summed E-state index contributed by atoms with van der Waals surface area (Å²) in [5.41, 5.74) is 1.12. The quantitative estimate of drug-likeness (QED) is 0.311. The molecule has 3 unspecified atom stereocenters. The zero-order valence-electron chi connectivity index (χ0n) is 18.1. The molecule has 0 spiro atoms. The number of aliphatic imine (C=N–C) groups is 1. The highest BCUT2D eigenvalue weighted by Gasteiger charge is 2.59. The van der Waals surface area contributed by atoms with Crippen molar-refractivity contribution in [2.24, 2.45) is 16.3 Å². The summed E-state index contributed by atoms with van der Waals surface area (Å²) in [5, 5.41) is 6.95. The second-order valence-corrected chi connectivity index (χ2v) is 8.96. The minimum absolute atomic E-state index is 0.100. The molecule has 2 amide bonds. The molecule has 1 aliphatic carbocycles. The molecule has 4 rings (SSSR count). The van der Waals surface area contributed by atoms with Crippen molar-refractivity contribution in [1.82, 2.24) is 15.5 Å². The molecular formula is C23H32N4O3. The summed E-state index contributed by atoms with van der Waals surface area (Å²) in [4.78, 5) is 30.9. The van der Waals surface area contributed by atoms with Crippen molar-refractivity contribution < 1.29 is 14.3 Å². The van der Waals surface area contributed by atoms with Crippen LogP contribution in [0.3, 0.4) is 0 Å². The molecule has 3 aliphatic rings. The molecule has 2 aliphatic heterocycles. The number of guanidine groups is 1. The van der Waals surface area contributed by atoms with Crippen molar-refractivity contribution in [2.75, 3.05) is 26.2 Å². The predicted molar refractivity (Wildman–Crippen MR) is 116 cm³/mol. The SMILES string of the molecule is CCNC(=NCCCCN1C(=O)c2ccccc2C1=O)NC1C2CCOC2C1(C)C. The second-order valence-electron chi connectivity index (χ2n) is 8.96. The van der Waals surface area contributed by atoms with Crippen LogP contribution in [0.25, 0.3) is 0 Å². The molecule has 7 heteroatoms. The summed E-state index contributed by atoms with van der Waals surface area (Å²) in [6.07, 6.45) is 3.00. The number of fused-ring (bicyclic) bond motifs is 2. The summed E-state index contributed by atoms with van der Waals surface area (Å²) in [5.74, 6) is 1.02. The number of unbranched alkanes of at least 4 members (excludes halogenated alkanes) is 1. The van der Waals surface area contributed by atoms with Gasteiger partial charge in [0.25, 0.3) is 11.8 Å². The number of hydrogen-bond acceptors (Lipinski definition) is 4. The third kappa shape index (κ3) is 3.60. The molecule has 0 bridgehead atoms. The monoisotopic (exact) mass is 412 g/mol. The van der Waals surface area contributed by atoms with Crippen molar-refractivity contribution >= 4 is 17.8 Å². The fourth-order valence-electron chi connectivity index (χ4n) is 5.10. The van der Waals surface area contributed by atoms with Gasteiger partial charge < -0.3 is 15.4 Å². The van der Waals surface area contributed by atoms with Crippen molar-refractivity contribution in [3.63, 3.8) is 0 Å². The number of hydrogen-bond donors (Lipinski definition) is 2. The van der Waals surface area contributed by atoms with Crippen molar-refractivity contribution in [3.8, 4) is 0 Å². The summed E-state index contributed by atoms with van der Waals surface area (Å²) in [6, 6.07) is 7.38. The van der Waals surface area contributed by atoms with E-state index in [1.807, 2.05) is 0 Å². The number of amides is 2. The first-order valence-corrected chi connectivity index (χ1v) is 11.1. The van der Waals surface area contributed by atoms with Crippen molar-refractivity contribution in [2.45, 2.75) is 52.2 Å². The molecule has 30 heavy (non-hydrogen) atoms. The van der Waals surface area contributed by atoms with Crippen LogP contribution < -0.4 is 10.6 Å². The van der Waals surface area contributed by atoms with Crippen LogP contribution in [-0.2, 0) is 4.74 Å². The Morgan fingerprint density at radius 3 is 2.57 bits per heavy atom. The third-order valence-electron chi connectivity index (χ3n) is 6.67. The average Bonchev–Trinajstić information content (AvgIpc) is 3.29. The summed E-state index contributed by atoms with van der Waals surface area (Å²) in [7, 11) is 0. The van der Waals surface area contributed by atoms with E-state index in [4.69, 9.17) is 9.73 Å². The van der Waals surface area contributed by atoms with Crippen LogP contribution in [0.1, 0.15) is 60.7 Å². The Morgan fingerprint density at radius 1 is 1.20 bits per heavy atom. The molecular weight excluding hydrogens is 380 g/mol. The van der Waals surface area contributed by atoms with Crippen LogP contribution in [0.4, 0.5) is 0 Å². The van der Waals surface area contributed by atoms with Crippen LogP contribution in [0.5, 0.6) is 0 Å². The molecule has 2 fully saturated rings. The Kier molecular flexibility index (Phi) is 5.82. The lowest BCUT2D eigenvalue weighted by Crippen LogP contribution is -2.67. The smallest absolute Gasteiger partial charge is 0.261 e. The summed E-state index contributed by atoms with van der Waals surface area (Å²) < 4.78 is 5.88. The predicted octanol–water partition coefficient (Wildman–Crippen LogP) is 2.43. The lowest BCUT2D eigenvalue weighted by atomic mass is 9.57. The van der Waals surface area contributed by atoms with Crippen LogP contribution in [0.2, 0.25) is 0 Å². The van der Waals surface area contributed by atoms with E-state index in [1.165, 1.54) is 4.90 Å². The molecule has 0 aromatic heterocycles. The first-order chi connectivity index (χ1) is 14.4. The van der Waals surface area contributed by atoms with E-state index in [0.717, 1.165) is 38.4 Å². The van der Waals surface area contributed by atoms with E-state index in [-0.39, 0.29) is 17.2 Å². The molecule has 2 heterocycles. The van der Waals surface area contributed by atoms with Gasteiger partial charge in [-0.3, -0.25) is 19.5 Å². The molecule has 1 aromatic carbocycles. The standard InChI is InChI=1S/C23H32N4O3/c1-4-24-22(26-18-17-11-14-30-19(17)23(18,2)3)25-12-7-8-13-27-20(28)15-9-5-6-10-16(15)21(27)29/h5-6,9-10,17-19H,4,7-8,11-14H2,1-3H3,(H2,24,25,26). The van der Waals surface area contributed by atoms with Gasteiger partial charge in [0.2, 0.25) is 0 Å². The Labute approximate surface area is 178 Å². The maximum Gasteiger partial charge on any atom is 0.261 e. The van der Waals surface area contributed by atoms with Crippen LogP contribution >= 0.6 is 0 Å². The first-order valence-electron chi connectivity index (χ1n) is 11.1. The Hall–Kier alpha value is -2.41. The molecule has 1 aromatic rings. The van der Waals surface area contributed by atoms with E-state index >= 15 is 0 Å². The summed E-state index contributed by atoms with van der Waals surface area (Å²) in [6.45, 7) is 9.30. The molecule has 2 N–H and O–H groups in total. The van der Waals surface area contributed by atoms with Crippen LogP contribution in [0, 0.1) is 11.3 Å². The normalized spacial score (nSPS) is 27.0.